The molecule has 0 atom stereocenters. The molecule has 0 radical (unpaired) electrons. The van der Waals surface area contributed by atoms with E-state index in [9.17, 15) is 10.1 Å². The topological polar surface area (TPSA) is 70.2 Å². The molecule has 0 spiro atoms. The average Bonchev–Trinajstić information content (AvgIpc) is 2.75. The minimum atomic E-state index is -0.431. The van der Waals surface area contributed by atoms with Crippen molar-refractivity contribution in [2.24, 2.45) is 7.05 Å². The monoisotopic (exact) mass is 311 g/mol. The first kappa shape index (κ1) is 12.6. The van der Waals surface area contributed by atoms with Gasteiger partial charge in [0.25, 0.3) is 5.69 Å². The molecule has 0 bridgehead atoms. The molecule has 2 aromatic rings. The zero-order valence-corrected chi connectivity index (χ0v) is 11.1. The molecule has 0 unspecified atom stereocenters. The van der Waals surface area contributed by atoms with Crippen molar-refractivity contribution in [3.8, 4) is 11.5 Å². The van der Waals surface area contributed by atoms with Crippen LogP contribution in [0.2, 0.25) is 0 Å². The summed E-state index contributed by atoms with van der Waals surface area (Å²) in [5, 5.41) is 15.1. The highest BCUT2D eigenvalue weighted by Gasteiger charge is 2.12. The van der Waals surface area contributed by atoms with Gasteiger partial charge in [0, 0.05) is 30.1 Å². The number of nitrogens with zero attached hydrogens (tertiary/aromatic N) is 3. The average molecular weight is 312 g/mol. The Morgan fingerprint density at radius 2 is 2.33 bits per heavy atom. The quantitative estimate of drug-likeness (QED) is 0.494. The highest BCUT2D eigenvalue weighted by molar-refractivity contribution is 9.08. The predicted octanol–water partition coefficient (Wildman–Crippen LogP) is 3.02. The second kappa shape index (κ2) is 5.18. The third kappa shape index (κ3) is 2.67. The van der Waals surface area contributed by atoms with Crippen LogP contribution in [0, 0.1) is 10.1 Å². The first-order valence-electron chi connectivity index (χ1n) is 5.10. The van der Waals surface area contributed by atoms with Gasteiger partial charge in [0.15, 0.2) is 5.75 Å². The largest absolute Gasteiger partial charge is 0.454 e. The molecule has 0 saturated carbocycles. The maximum Gasteiger partial charge on any atom is 0.270 e. The predicted molar refractivity (Wildman–Crippen MR) is 69.0 cm³/mol. The number of benzene rings is 1. The molecule has 2 rings (SSSR count). The fourth-order valence-electron chi connectivity index (χ4n) is 1.46. The van der Waals surface area contributed by atoms with E-state index in [2.05, 4.69) is 21.0 Å². The van der Waals surface area contributed by atoms with Crippen molar-refractivity contribution < 1.29 is 9.66 Å². The maximum absolute atomic E-state index is 10.7. The smallest absolute Gasteiger partial charge is 0.270 e. The van der Waals surface area contributed by atoms with E-state index in [-0.39, 0.29) is 5.69 Å². The number of halogens is 1. The Balaban J connectivity index is 2.30. The first-order valence-corrected chi connectivity index (χ1v) is 6.22. The Kier molecular flexibility index (Phi) is 3.61. The van der Waals surface area contributed by atoms with Gasteiger partial charge in [-0.15, -0.1) is 0 Å². The number of nitro benzene ring substituents is 1. The van der Waals surface area contributed by atoms with E-state index in [1.54, 1.807) is 30.2 Å². The summed E-state index contributed by atoms with van der Waals surface area (Å²) in [5.74, 6) is 1.17. The second-order valence-electron chi connectivity index (χ2n) is 3.63. The van der Waals surface area contributed by atoms with E-state index < -0.39 is 4.92 Å². The minimum Gasteiger partial charge on any atom is -0.454 e. The van der Waals surface area contributed by atoms with Crippen LogP contribution in [0.4, 0.5) is 5.69 Å². The van der Waals surface area contributed by atoms with Gasteiger partial charge in [-0.3, -0.25) is 14.8 Å². The number of aromatic nitrogens is 2. The summed E-state index contributed by atoms with van der Waals surface area (Å²) in [4.78, 5) is 10.2. The van der Waals surface area contributed by atoms with Crippen molar-refractivity contribution in [1.82, 2.24) is 9.78 Å². The highest BCUT2D eigenvalue weighted by Crippen LogP contribution is 2.29. The molecule has 0 aliphatic heterocycles. The Bertz CT molecular complexity index is 583. The Labute approximate surface area is 111 Å². The van der Waals surface area contributed by atoms with Crippen LogP contribution < -0.4 is 4.74 Å². The lowest BCUT2D eigenvalue weighted by molar-refractivity contribution is -0.384. The molecule has 1 aromatic carbocycles. The standard InChI is InChI=1S/C11H10BrN3O3/c1-14-7-10(6-13-14)18-11-3-2-9(15(16)17)4-8(11)5-12/h2-4,6-7H,5H2,1H3. The van der Waals surface area contributed by atoms with Crippen LogP contribution in [-0.2, 0) is 12.4 Å². The van der Waals surface area contributed by atoms with E-state index in [0.717, 1.165) is 0 Å². The van der Waals surface area contributed by atoms with Gasteiger partial charge in [-0.2, -0.15) is 5.10 Å². The molecular formula is C11H10BrN3O3. The fraction of sp³-hybridized carbons (Fsp3) is 0.182. The third-order valence-corrected chi connectivity index (χ3v) is 2.91. The van der Waals surface area contributed by atoms with Crippen molar-refractivity contribution in [2.45, 2.75) is 5.33 Å². The zero-order chi connectivity index (χ0) is 13.1. The van der Waals surface area contributed by atoms with Gasteiger partial charge >= 0.3 is 0 Å². The molecule has 0 aliphatic rings. The summed E-state index contributed by atoms with van der Waals surface area (Å²) in [6.07, 6.45) is 3.30. The van der Waals surface area contributed by atoms with Gasteiger partial charge < -0.3 is 4.74 Å². The molecule has 0 saturated heterocycles. The van der Waals surface area contributed by atoms with Gasteiger partial charge in [-0.05, 0) is 6.07 Å². The molecule has 7 heteroatoms. The van der Waals surface area contributed by atoms with E-state index in [1.165, 1.54) is 12.1 Å². The molecule has 1 aromatic heterocycles. The van der Waals surface area contributed by atoms with E-state index in [1.807, 2.05) is 0 Å². The summed E-state index contributed by atoms with van der Waals surface area (Å²) >= 11 is 3.29. The van der Waals surface area contributed by atoms with Crippen molar-refractivity contribution in [1.29, 1.82) is 0 Å². The Morgan fingerprint density at radius 1 is 1.56 bits per heavy atom. The molecular weight excluding hydrogens is 302 g/mol. The number of alkyl halides is 1. The Hall–Kier alpha value is -1.89. The summed E-state index contributed by atoms with van der Waals surface area (Å²) in [7, 11) is 1.79. The highest BCUT2D eigenvalue weighted by atomic mass is 79.9. The fourth-order valence-corrected chi connectivity index (χ4v) is 1.90. The molecule has 0 aliphatic carbocycles. The van der Waals surface area contributed by atoms with Gasteiger partial charge in [0.2, 0.25) is 0 Å². The van der Waals surface area contributed by atoms with Crippen LogP contribution >= 0.6 is 15.9 Å². The van der Waals surface area contributed by atoms with E-state index in [4.69, 9.17) is 4.74 Å². The molecule has 1 heterocycles. The number of non-ortho nitro benzene ring substituents is 1. The molecule has 94 valence electrons. The van der Waals surface area contributed by atoms with Gasteiger partial charge in [0.05, 0.1) is 17.3 Å². The van der Waals surface area contributed by atoms with E-state index in [0.29, 0.717) is 22.4 Å². The number of rotatable bonds is 4. The Morgan fingerprint density at radius 3 is 2.89 bits per heavy atom. The third-order valence-electron chi connectivity index (χ3n) is 2.31. The summed E-state index contributed by atoms with van der Waals surface area (Å²) in [5.41, 5.74) is 0.760. The van der Waals surface area contributed by atoms with Gasteiger partial charge in [0.1, 0.15) is 5.75 Å². The van der Waals surface area contributed by atoms with Crippen LogP contribution in [0.25, 0.3) is 0 Å². The maximum atomic E-state index is 10.7. The number of hydrogen-bond acceptors (Lipinski definition) is 4. The number of hydrogen-bond donors (Lipinski definition) is 0. The molecule has 18 heavy (non-hydrogen) atoms. The summed E-state index contributed by atoms with van der Waals surface area (Å²) in [6.45, 7) is 0. The van der Waals surface area contributed by atoms with Crippen molar-refractivity contribution in [3.63, 3.8) is 0 Å². The molecule has 0 fully saturated rings. The van der Waals surface area contributed by atoms with Crippen LogP contribution in [0.1, 0.15) is 5.56 Å². The second-order valence-corrected chi connectivity index (χ2v) is 4.20. The lowest BCUT2D eigenvalue weighted by Crippen LogP contribution is -1.93. The van der Waals surface area contributed by atoms with Crippen LogP contribution in [-0.4, -0.2) is 14.7 Å². The van der Waals surface area contributed by atoms with E-state index >= 15 is 0 Å². The van der Waals surface area contributed by atoms with Crippen LogP contribution in [0.5, 0.6) is 11.5 Å². The summed E-state index contributed by atoms with van der Waals surface area (Å²) in [6, 6.07) is 4.49. The van der Waals surface area contributed by atoms with Crippen LogP contribution in [0.3, 0.4) is 0 Å². The normalized spacial score (nSPS) is 10.3. The lowest BCUT2D eigenvalue weighted by atomic mass is 10.2. The van der Waals surface area contributed by atoms with Crippen molar-refractivity contribution in [3.05, 3.63) is 46.3 Å². The molecule has 0 N–H and O–H groups in total. The first-order chi connectivity index (χ1) is 8.60. The number of nitro groups is 1. The molecule has 0 amide bonds. The van der Waals surface area contributed by atoms with Gasteiger partial charge in [-0.1, -0.05) is 15.9 Å². The minimum absolute atomic E-state index is 0.0444. The lowest BCUT2D eigenvalue weighted by Gasteiger charge is -2.07. The zero-order valence-electron chi connectivity index (χ0n) is 9.54. The summed E-state index contributed by atoms with van der Waals surface area (Å²) < 4.78 is 7.24. The van der Waals surface area contributed by atoms with Crippen molar-refractivity contribution in [2.75, 3.05) is 0 Å². The molecule has 6 nitrogen and oxygen atoms in total. The van der Waals surface area contributed by atoms with Crippen LogP contribution in [0.15, 0.2) is 30.6 Å². The van der Waals surface area contributed by atoms with Crippen molar-refractivity contribution >= 4 is 21.6 Å². The SMILES string of the molecule is Cn1cc(Oc2ccc([N+](=O)[O-])cc2CBr)cn1. The number of aryl methyl sites for hydroxylation is 1. The van der Waals surface area contributed by atoms with Gasteiger partial charge in [-0.25, -0.2) is 0 Å². The number of ether oxygens (including phenoxy) is 1.